The summed E-state index contributed by atoms with van der Waals surface area (Å²) in [7, 11) is 1.95. The molecule has 0 saturated carbocycles. The minimum Gasteiger partial charge on any atom is -0.330 e. The Balaban J connectivity index is 2.71. The van der Waals surface area contributed by atoms with Gasteiger partial charge < -0.3 is 5.73 Å². The van der Waals surface area contributed by atoms with Crippen LogP contribution in [-0.4, -0.2) is 16.3 Å². The highest BCUT2D eigenvalue weighted by Gasteiger charge is 2.09. The quantitative estimate of drug-likeness (QED) is 0.888. The van der Waals surface area contributed by atoms with Crippen molar-refractivity contribution in [3.63, 3.8) is 0 Å². The number of aromatic nitrogens is 2. The Morgan fingerprint density at radius 2 is 2.29 bits per heavy atom. The van der Waals surface area contributed by atoms with Gasteiger partial charge in [0.15, 0.2) is 0 Å². The van der Waals surface area contributed by atoms with E-state index in [1.54, 1.807) is 0 Å². The van der Waals surface area contributed by atoms with E-state index in [1.165, 1.54) is 5.39 Å². The number of nitrogens with zero attached hydrogens (tertiary/aromatic N) is 2. The first-order valence-electron chi connectivity index (χ1n) is 4.54. The summed E-state index contributed by atoms with van der Waals surface area (Å²) < 4.78 is 2.97. The summed E-state index contributed by atoms with van der Waals surface area (Å²) in [5, 5.41) is 5.63. The molecule has 0 saturated heterocycles. The predicted octanol–water partition coefficient (Wildman–Crippen LogP) is 1.84. The fourth-order valence-electron chi connectivity index (χ4n) is 1.68. The van der Waals surface area contributed by atoms with Gasteiger partial charge in [0.1, 0.15) is 0 Å². The summed E-state index contributed by atoms with van der Waals surface area (Å²) in [4.78, 5) is 0. The van der Waals surface area contributed by atoms with Crippen molar-refractivity contribution in [2.75, 3.05) is 6.54 Å². The van der Waals surface area contributed by atoms with E-state index in [-0.39, 0.29) is 0 Å². The van der Waals surface area contributed by atoms with E-state index < -0.39 is 0 Å². The molecule has 14 heavy (non-hydrogen) atoms. The van der Waals surface area contributed by atoms with Crippen molar-refractivity contribution in [3.05, 3.63) is 28.4 Å². The Hall–Kier alpha value is -0.870. The van der Waals surface area contributed by atoms with Crippen LogP contribution >= 0.6 is 15.9 Å². The smallest absolute Gasteiger partial charge is 0.0823 e. The van der Waals surface area contributed by atoms with Crippen molar-refractivity contribution in [1.29, 1.82) is 0 Å². The molecule has 1 aromatic heterocycles. The first-order valence-corrected chi connectivity index (χ1v) is 5.33. The molecule has 0 aliphatic heterocycles. The maximum absolute atomic E-state index is 5.54. The highest BCUT2D eigenvalue weighted by molar-refractivity contribution is 9.10. The predicted molar refractivity (Wildman–Crippen MR) is 61.2 cm³/mol. The van der Waals surface area contributed by atoms with E-state index in [1.807, 2.05) is 23.9 Å². The molecule has 0 amide bonds. The third-order valence-corrected chi connectivity index (χ3v) is 2.91. The Kier molecular flexibility index (Phi) is 2.56. The summed E-state index contributed by atoms with van der Waals surface area (Å²) in [5.41, 5.74) is 7.75. The molecule has 0 aliphatic carbocycles. The van der Waals surface area contributed by atoms with Gasteiger partial charge >= 0.3 is 0 Å². The van der Waals surface area contributed by atoms with Crippen molar-refractivity contribution >= 4 is 26.8 Å². The summed E-state index contributed by atoms with van der Waals surface area (Å²) >= 11 is 3.52. The van der Waals surface area contributed by atoms with Gasteiger partial charge in [0.05, 0.1) is 11.2 Å². The number of aryl methyl sites for hydroxylation is 1. The number of hydrogen-bond donors (Lipinski definition) is 1. The average Bonchev–Trinajstić information content (AvgIpc) is 2.46. The average molecular weight is 254 g/mol. The zero-order valence-corrected chi connectivity index (χ0v) is 9.58. The topological polar surface area (TPSA) is 43.8 Å². The minimum absolute atomic E-state index is 0.638. The second kappa shape index (κ2) is 3.71. The molecule has 1 heterocycles. The maximum Gasteiger partial charge on any atom is 0.0823 e. The Morgan fingerprint density at radius 1 is 1.50 bits per heavy atom. The van der Waals surface area contributed by atoms with Gasteiger partial charge in [-0.1, -0.05) is 12.1 Å². The van der Waals surface area contributed by atoms with E-state index in [4.69, 9.17) is 5.73 Å². The monoisotopic (exact) mass is 253 g/mol. The van der Waals surface area contributed by atoms with E-state index in [0.29, 0.717) is 6.54 Å². The lowest BCUT2D eigenvalue weighted by atomic mass is 10.2. The van der Waals surface area contributed by atoms with Crippen LogP contribution in [0.5, 0.6) is 0 Å². The molecule has 2 rings (SSSR count). The van der Waals surface area contributed by atoms with Gasteiger partial charge in [0.25, 0.3) is 0 Å². The standard InChI is InChI=1S/C10H12BrN3/c1-14-10-7(3-2-4-8(10)11)9(13-14)5-6-12/h2-4H,5-6,12H2,1H3. The molecule has 4 heteroatoms. The van der Waals surface area contributed by atoms with Crippen LogP contribution < -0.4 is 5.73 Å². The number of halogens is 1. The number of nitrogens with two attached hydrogens (primary N) is 1. The van der Waals surface area contributed by atoms with Gasteiger partial charge in [-0.25, -0.2) is 0 Å². The number of hydrogen-bond acceptors (Lipinski definition) is 2. The van der Waals surface area contributed by atoms with Gasteiger partial charge in [-0.05, 0) is 28.5 Å². The van der Waals surface area contributed by atoms with Crippen LogP contribution in [0.4, 0.5) is 0 Å². The van der Waals surface area contributed by atoms with Crippen molar-refractivity contribution in [2.24, 2.45) is 12.8 Å². The molecular formula is C10H12BrN3. The molecule has 0 fully saturated rings. The molecule has 0 atom stereocenters. The summed E-state index contributed by atoms with van der Waals surface area (Å²) in [6.45, 7) is 0.638. The van der Waals surface area contributed by atoms with Crippen LogP contribution in [0.3, 0.4) is 0 Å². The van der Waals surface area contributed by atoms with Crippen LogP contribution in [0.25, 0.3) is 10.9 Å². The zero-order valence-electron chi connectivity index (χ0n) is 8.00. The highest BCUT2D eigenvalue weighted by Crippen LogP contribution is 2.25. The second-order valence-electron chi connectivity index (χ2n) is 3.24. The lowest BCUT2D eigenvalue weighted by Crippen LogP contribution is -2.03. The van der Waals surface area contributed by atoms with E-state index in [9.17, 15) is 0 Å². The number of fused-ring (bicyclic) bond motifs is 1. The Labute approximate surface area is 91.0 Å². The fourth-order valence-corrected chi connectivity index (χ4v) is 2.31. The number of rotatable bonds is 2. The van der Waals surface area contributed by atoms with Crippen molar-refractivity contribution < 1.29 is 0 Å². The third-order valence-electron chi connectivity index (χ3n) is 2.27. The highest BCUT2D eigenvalue weighted by atomic mass is 79.9. The second-order valence-corrected chi connectivity index (χ2v) is 4.10. The summed E-state index contributed by atoms with van der Waals surface area (Å²) in [6, 6.07) is 6.13. The molecule has 0 bridgehead atoms. The summed E-state index contributed by atoms with van der Waals surface area (Å²) in [5.74, 6) is 0. The largest absolute Gasteiger partial charge is 0.330 e. The molecule has 0 unspecified atom stereocenters. The SMILES string of the molecule is Cn1nc(CCN)c2cccc(Br)c21. The molecule has 2 aromatic rings. The van der Waals surface area contributed by atoms with Crippen molar-refractivity contribution in [1.82, 2.24) is 9.78 Å². The first-order chi connectivity index (χ1) is 6.74. The van der Waals surface area contributed by atoms with Crippen LogP contribution in [-0.2, 0) is 13.5 Å². The Bertz CT molecular complexity index is 462. The maximum atomic E-state index is 5.54. The minimum atomic E-state index is 0.638. The molecular weight excluding hydrogens is 242 g/mol. The van der Waals surface area contributed by atoms with Gasteiger partial charge in [-0.2, -0.15) is 5.10 Å². The van der Waals surface area contributed by atoms with Crippen LogP contribution in [0.2, 0.25) is 0 Å². The molecule has 3 nitrogen and oxygen atoms in total. The van der Waals surface area contributed by atoms with E-state index >= 15 is 0 Å². The number of para-hydroxylation sites is 1. The lowest BCUT2D eigenvalue weighted by molar-refractivity contribution is 0.760. The van der Waals surface area contributed by atoms with E-state index in [2.05, 4.69) is 27.1 Å². The van der Waals surface area contributed by atoms with E-state index in [0.717, 1.165) is 22.1 Å². The fraction of sp³-hybridized carbons (Fsp3) is 0.300. The van der Waals surface area contributed by atoms with Gasteiger partial charge in [0.2, 0.25) is 0 Å². The Morgan fingerprint density at radius 3 is 3.00 bits per heavy atom. The molecule has 1 aromatic carbocycles. The molecule has 2 N–H and O–H groups in total. The first kappa shape index (κ1) is 9.68. The molecule has 0 spiro atoms. The summed E-state index contributed by atoms with van der Waals surface area (Å²) in [6.07, 6.45) is 0.827. The van der Waals surface area contributed by atoms with Crippen molar-refractivity contribution in [2.45, 2.75) is 6.42 Å². The zero-order chi connectivity index (χ0) is 10.1. The normalized spacial score (nSPS) is 11.1. The molecule has 74 valence electrons. The lowest BCUT2D eigenvalue weighted by Gasteiger charge is -1.96. The van der Waals surface area contributed by atoms with Gasteiger partial charge in [-0.3, -0.25) is 4.68 Å². The van der Waals surface area contributed by atoms with Gasteiger partial charge in [0, 0.05) is 23.3 Å². The van der Waals surface area contributed by atoms with Crippen LogP contribution in [0.15, 0.2) is 22.7 Å². The molecule has 0 aliphatic rings. The molecule has 0 radical (unpaired) electrons. The third kappa shape index (κ3) is 1.44. The number of benzene rings is 1. The van der Waals surface area contributed by atoms with Crippen LogP contribution in [0.1, 0.15) is 5.69 Å². The van der Waals surface area contributed by atoms with Gasteiger partial charge in [-0.15, -0.1) is 0 Å². The van der Waals surface area contributed by atoms with Crippen LogP contribution in [0, 0.1) is 0 Å². The van der Waals surface area contributed by atoms with Crippen molar-refractivity contribution in [3.8, 4) is 0 Å².